The molecular weight excluding hydrogens is 605 g/mol. The van der Waals surface area contributed by atoms with Crippen LogP contribution in [0, 0.1) is 0 Å². The maximum Gasteiger partial charge on any atom is 0.143 e. The molecular formula is C49H32O. The number of para-hydroxylation sites is 2. The zero-order chi connectivity index (χ0) is 33.1. The number of rotatable bonds is 5. The summed E-state index contributed by atoms with van der Waals surface area (Å²) < 4.78 is 6.88. The monoisotopic (exact) mass is 636 g/mol. The molecule has 1 aliphatic rings. The molecule has 0 saturated carbocycles. The topological polar surface area (TPSA) is 13.1 Å². The predicted octanol–water partition coefficient (Wildman–Crippen LogP) is 13.0. The number of hydrogen-bond acceptors (Lipinski definition) is 1. The van der Waals surface area contributed by atoms with Crippen molar-refractivity contribution < 1.29 is 4.42 Å². The van der Waals surface area contributed by atoms with Gasteiger partial charge < -0.3 is 4.42 Å². The van der Waals surface area contributed by atoms with Gasteiger partial charge in [-0.2, -0.15) is 0 Å². The molecule has 0 aliphatic heterocycles. The van der Waals surface area contributed by atoms with E-state index in [0.717, 1.165) is 44.2 Å². The van der Waals surface area contributed by atoms with Crippen LogP contribution in [0.3, 0.4) is 0 Å². The summed E-state index contributed by atoms with van der Waals surface area (Å²) in [5.74, 6) is 0. The van der Waals surface area contributed by atoms with E-state index in [9.17, 15) is 0 Å². The molecule has 8 aromatic carbocycles. The number of benzene rings is 8. The lowest BCUT2D eigenvalue weighted by molar-refractivity contribution is 0.671. The fourth-order valence-electron chi connectivity index (χ4n) is 8.38. The third-order valence-corrected chi connectivity index (χ3v) is 10.6. The van der Waals surface area contributed by atoms with Gasteiger partial charge in [0, 0.05) is 21.9 Å². The van der Waals surface area contributed by atoms with E-state index in [-0.39, 0.29) is 0 Å². The summed E-state index contributed by atoms with van der Waals surface area (Å²) in [6, 6.07) is 70.2. The van der Waals surface area contributed by atoms with Crippen molar-refractivity contribution in [2.45, 2.75) is 5.41 Å². The van der Waals surface area contributed by atoms with Gasteiger partial charge in [0.05, 0.1) is 5.41 Å². The fraction of sp³-hybridized carbons (Fsp3) is 0.0204. The summed E-state index contributed by atoms with van der Waals surface area (Å²) in [4.78, 5) is 0. The van der Waals surface area contributed by atoms with E-state index < -0.39 is 5.41 Å². The van der Waals surface area contributed by atoms with Crippen LogP contribution in [0.1, 0.15) is 22.3 Å². The van der Waals surface area contributed by atoms with E-state index in [1.807, 2.05) is 0 Å². The lowest BCUT2D eigenvalue weighted by Gasteiger charge is -2.34. The van der Waals surface area contributed by atoms with Gasteiger partial charge in [-0.1, -0.05) is 188 Å². The van der Waals surface area contributed by atoms with E-state index in [1.54, 1.807) is 0 Å². The SMILES string of the molecule is c1ccc(-c2cccc(-c3cccc4c3oc3c(-c5ccc(C6(c7ccccc7)c7ccccc7-c7ccccc76)cc5)cccc34)c2)cc1. The molecule has 1 aromatic heterocycles. The summed E-state index contributed by atoms with van der Waals surface area (Å²) in [6.45, 7) is 0. The predicted molar refractivity (Wildman–Crippen MR) is 207 cm³/mol. The van der Waals surface area contributed by atoms with Gasteiger partial charge in [-0.3, -0.25) is 0 Å². The Morgan fingerprint density at radius 2 is 0.760 bits per heavy atom. The van der Waals surface area contributed by atoms with Crippen molar-refractivity contribution in [1.29, 1.82) is 0 Å². The molecule has 234 valence electrons. The molecule has 50 heavy (non-hydrogen) atoms. The molecule has 0 bridgehead atoms. The maximum atomic E-state index is 6.88. The van der Waals surface area contributed by atoms with Gasteiger partial charge in [-0.25, -0.2) is 0 Å². The van der Waals surface area contributed by atoms with Crippen LogP contribution in [-0.4, -0.2) is 0 Å². The third kappa shape index (κ3) is 4.20. The Kier molecular flexibility index (Phi) is 6.47. The van der Waals surface area contributed by atoms with Gasteiger partial charge in [0.15, 0.2) is 0 Å². The van der Waals surface area contributed by atoms with E-state index in [0.29, 0.717) is 0 Å². The minimum atomic E-state index is -0.415. The van der Waals surface area contributed by atoms with Crippen molar-refractivity contribution in [2.24, 2.45) is 0 Å². The van der Waals surface area contributed by atoms with E-state index in [4.69, 9.17) is 4.42 Å². The van der Waals surface area contributed by atoms with Gasteiger partial charge in [-0.05, 0) is 61.7 Å². The fourth-order valence-corrected chi connectivity index (χ4v) is 8.38. The second-order valence-corrected chi connectivity index (χ2v) is 13.2. The second kappa shape index (κ2) is 11.3. The molecule has 1 heterocycles. The van der Waals surface area contributed by atoms with Gasteiger partial charge in [-0.15, -0.1) is 0 Å². The smallest absolute Gasteiger partial charge is 0.143 e. The average Bonchev–Trinajstić information content (AvgIpc) is 3.73. The van der Waals surface area contributed by atoms with Crippen LogP contribution in [0.4, 0.5) is 0 Å². The molecule has 9 aromatic rings. The minimum absolute atomic E-state index is 0.415. The summed E-state index contributed by atoms with van der Waals surface area (Å²) in [7, 11) is 0. The van der Waals surface area contributed by atoms with Crippen molar-refractivity contribution in [3.8, 4) is 44.5 Å². The zero-order valence-corrected chi connectivity index (χ0v) is 27.4. The molecule has 10 rings (SSSR count). The molecule has 0 unspecified atom stereocenters. The van der Waals surface area contributed by atoms with Crippen molar-refractivity contribution >= 4 is 21.9 Å². The number of hydrogen-bond donors (Lipinski definition) is 0. The first-order valence-electron chi connectivity index (χ1n) is 17.3. The van der Waals surface area contributed by atoms with Gasteiger partial charge in [0.25, 0.3) is 0 Å². The van der Waals surface area contributed by atoms with E-state index in [2.05, 4.69) is 194 Å². The maximum absolute atomic E-state index is 6.88. The molecule has 0 atom stereocenters. The first kappa shape index (κ1) is 28.6. The van der Waals surface area contributed by atoms with Crippen molar-refractivity contribution in [3.63, 3.8) is 0 Å². The average molecular weight is 637 g/mol. The lowest BCUT2D eigenvalue weighted by Crippen LogP contribution is -2.28. The normalized spacial score (nSPS) is 13.0. The zero-order valence-electron chi connectivity index (χ0n) is 27.4. The first-order chi connectivity index (χ1) is 24.8. The lowest BCUT2D eigenvalue weighted by atomic mass is 9.67. The summed E-state index contributed by atoms with van der Waals surface area (Å²) in [5.41, 5.74) is 16.0. The number of fused-ring (bicyclic) bond motifs is 6. The standard InChI is InChI=1S/C49H32O/c1-3-14-33(15-4-1)35-16-11-17-36(32-35)40-23-13-25-44-43-24-12-22-39(47(43)50-48(40)44)34-28-30-38(31-29-34)49(37-18-5-2-6-19-37)45-26-9-7-20-41(45)42-21-8-10-27-46(42)49/h1-32H. The van der Waals surface area contributed by atoms with Crippen LogP contribution in [0.2, 0.25) is 0 Å². The molecule has 0 spiro atoms. The Bertz CT molecular complexity index is 2640. The Balaban J connectivity index is 1.12. The highest BCUT2D eigenvalue weighted by Gasteiger charge is 2.45. The highest BCUT2D eigenvalue weighted by atomic mass is 16.3. The van der Waals surface area contributed by atoms with Crippen molar-refractivity contribution in [2.75, 3.05) is 0 Å². The number of furan rings is 1. The summed E-state index contributed by atoms with van der Waals surface area (Å²) in [5, 5.41) is 2.25. The summed E-state index contributed by atoms with van der Waals surface area (Å²) in [6.07, 6.45) is 0. The van der Waals surface area contributed by atoms with Gasteiger partial charge in [0.1, 0.15) is 11.2 Å². The van der Waals surface area contributed by atoms with Crippen LogP contribution in [0.15, 0.2) is 199 Å². The Morgan fingerprint density at radius 3 is 1.40 bits per heavy atom. The van der Waals surface area contributed by atoms with Crippen molar-refractivity contribution in [1.82, 2.24) is 0 Å². The molecule has 1 heteroatoms. The Labute approximate surface area is 291 Å². The van der Waals surface area contributed by atoms with Gasteiger partial charge in [0.2, 0.25) is 0 Å². The Hall–Kier alpha value is -6.44. The van der Waals surface area contributed by atoms with Crippen molar-refractivity contribution in [3.05, 3.63) is 216 Å². The van der Waals surface area contributed by atoms with Crippen LogP contribution in [0.5, 0.6) is 0 Å². The quantitative estimate of drug-likeness (QED) is 0.183. The minimum Gasteiger partial charge on any atom is -0.455 e. The largest absolute Gasteiger partial charge is 0.455 e. The molecule has 1 aliphatic carbocycles. The van der Waals surface area contributed by atoms with E-state index in [1.165, 1.54) is 44.5 Å². The molecule has 0 radical (unpaired) electrons. The highest BCUT2D eigenvalue weighted by molar-refractivity contribution is 6.13. The molecule has 0 fully saturated rings. The molecule has 0 N–H and O–H groups in total. The molecule has 0 amide bonds. The van der Waals surface area contributed by atoms with Crippen LogP contribution < -0.4 is 0 Å². The third-order valence-electron chi connectivity index (χ3n) is 10.6. The van der Waals surface area contributed by atoms with E-state index >= 15 is 0 Å². The van der Waals surface area contributed by atoms with Crippen LogP contribution >= 0.6 is 0 Å². The second-order valence-electron chi connectivity index (χ2n) is 13.2. The summed E-state index contributed by atoms with van der Waals surface area (Å²) >= 11 is 0. The molecule has 1 nitrogen and oxygen atoms in total. The Morgan fingerprint density at radius 1 is 0.300 bits per heavy atom. The molecule has 0 saturated heterocycles. The first-order valence-corrected chi connectivity index (χ1v) is 17.3. The van der Waals surface area contributed by atoms with Gasteiger partial charge >= 0.3 is 0 Å². The highest BCUT2D eigenvalue weighted by Crippen LogP contribution is 2.56. The van der Waals surface area contributed by atoms with Crippen LogP contribution in [0.25, 0.3) is 66.4 Å². The van der Waals surface area contributed by atoms with Crippen LogP contribution in [-0.2, 0) is 5.41 Å².